The topological polar surface area (TPSA) is 104 Å². The Balaban J connectivity index is 2.01. The second-order valence-corrected chi connectivity index (χ2v) is 5.31. The third kappa shape index (κ3) is 3.25. The van der Waals surface area contributed by atoms with Crippen molar-refractivity contribution in [2.75, 3.05) is 24.1 Å². The summed E-state index contributed by atoms with van der Waals surface area (Å²) in [5, 5.41) is 12.2. The van der Waals surface area contributed by atoms with Crippen molar-refractivity contribution in [1.29, 1.82) is 0 Å². The highest BCUT2D eigenvalue weighted by molar-refractivity contribution is 9.10. The van der Waals surface area contributed by atoms with Gasteiger partial charge in [-0.05, 0) is 35.7 Å². The SMILES string of the molecule is Cc1nc(N)nc(NC2CCN(C(=O)O)CC2)c1Br. The highest BCUT2D eigenvalue weighted by Crippen LogP contribution is 2.26. The number of halogens is 1. The number of nitrogen functional groups attached to an aromatic ring is 1. The molecule has 1 aromatic heterocycles. The number of carboxylic acid groups (broad SMARTS) is 1. The van der Waals surface area contributed by atoms with E-state index in [2.05, 4.69) is 31.2 Å². The Morgan fingerprint density at radius 1 is 1.47 bits per heavy atom. The molecule has 0 spiro atoms. The number of rotatable bonds is 2. The number of piperidine rings is 1. The lowest BCUT2D eigenvalue weighted by Gasteiger charge is -2.31. The van der Waals surface area contributed by atoms with Gasteiger partial charge in [0.2, 0.25) is 5.95 Å². The maximum Gasteiger partial charge on any atom is 0.407 e. The van der Waals surface area contributed by atoms with Crippen LogP contribution in [0.5, 0.6) is 0 Å². The molecule has 1 aliphatic rings. The first-order valence-electron chi connectivity index (χ1n) is 6.01. The molecule has 1 saturated heterocycles. The van der Waals surface area contributed by atoms with Gasteiger partial charge < -0.3 is 21.1 Å². The molecule has 4 N–H and O–H groups in total. The molecule has 7 nitrogen and oxygen atoms in total. The van der Waals surface area contributed by atoms with E-state index in [4.69, 9.17) is 10.8 Å². The van der Waals surface area contributed by atoms with Crippen molar-refractivity contribution in [1.82, 2.24) is 14.9 Å². The molecule has 0 aliphatic carbocycles. The van der Waals surface area contributed by atoms with Crippen LogP contribution in [-0.2, 0) is 0 Å². The first-order chi connectivity index (χ1) is 8.97. The average molecular weight is 330 g/mol. The van der Waals surface area contributed by atoms with Gasteiger partial charge in [-0.15, -0.1) is 0 Å². The molecule has 2 heterocycles. The molecule has 0 saturated carbocycles. The third-order valence-corrected chi connectivity index (χ3v) is 4.09. The number of hydrogen-bond donors (Lipinski definition) is 3. The largest absolute Gasteiger partial charge is 0.465 e. The predicted octanol–water partition coefficient (Wildman–Crippen LogP) is 1.68. The minimum Gasteiger partial charge on any atom is -0.465 e. The second-order valence-electron chi connectivity index (χ2n) is 4.52. The third-order valence-electron chi connectivity index (χ3n) is 3.14. The number of aromatic nitrogens is 2. The van der Waals surface area contributed by atoms with E-state index in [1.54, 1.807) is 0 Å². The molecule has 1 fully saturated rings. The number of likely N-dealkylation sites (tertiary alicyclic amines) is 1. The van der Waals surface area contributed by atoms with Gasteiger partial charge in [-0.2, -0.15) is 4.98 Å². The Labute approximate surface area is 119 Å². The molecule has 19 heavy (non-hydrogen) atoms. The highest BCUT2D eigenvalue weighted by atomic mass is 79.9. The normalized spacial score (nSPS) is 16.4. The summed E-state index contributed by atoms with van der Waals surface area (Å²) in [5.74, 6) is 0.893. The summed E-state index contributed by atoms with van der Waals surface area (Å²) in [5.41, 5.74) is 6.40. The molecule has 2 rings (SSSR count). The second kappa shape index (κ2) is 5.60. The molecule has 1 aliphatic heterocycles. The van der Waals surface area contributed by atoms with Gasteiger partial charge >= 0.3 is 6.09 Å². The van der Waals surface area contributed by atoms with E-state index < -0.39 is 6.09 Å². The summed E-state index contributed by atoms with van der Waals surface area (Å²) < 4.78 is 0.794. The van der Waals surface area contributed by atoms with Crippen LogP contribution in [0.15, 0.2) is 4.47 Å². The first kappa shape index (κ1) is 13.9. The standard InChI is InChI=1S/C11H16BrN5O2/c1-6-8(12)9(16-10(13)14-6)15-7-2-4-17(5-3-7)11(18)19/h7H,2-5H2,1H3,(H,18,19)(H3,13,14,15,16). The van der Waals surface area contributed by atoms with Crippen molar-refractivity contribution >= 4 is 33.8 Å². The van der Waals surface area contributed by atoms with Crippen LogP contribution < -0.4 is 11.1 Å². The van der Waals surface area contributed by atoms with Gasteiger partial charge in [-0.1, -0.05) is 0 Å². The Bertz CT molecular complexity index is 488. The van der Waals surface area contributed by atoms with Gasteiger partial charge in [-0.3, -0.25) is 0 Å². The zero-order chi connectivity index (χ0) is 14.0. The van der Waals surface area contributed by atoms with Crippen molar-refractivity contribution < 1.29 is 9.90 Å². The zero-order valence-electron chi connectivity index (χ0n) is 10.6. The lowest BCUT2D eigenvalue weighted by molar-refractivity contribution is 0.134. The van der Waals surface area contributed by atoms with Gasteiger partial charge in [-0.25, -0.2) is 9.78 Å². The zero-order valence-corrected chi connectivity index (χ0v) is 12.1. The van der Waals surface area contributed by atoms with Crippen molar-refractivity contribution in [2.45, 2.75) is 25.8 Å². The van der Waals surface area contributed by atoms with E-state index in [0.717, 1.165) is 23.0 Å². The van der Waals surface area contributed by atoms with Gasteiger partial charge in [0.1, 0.15) is 5.82 Å². The lowest BCUT2D eigenvalue weighted by Crippen LogP contribution is -2.41. The molecule has 0 atom stereocenters. The number of amides is 1. The summed E-state index contributed by atoms with van der Waals surface area (Å²) in [7, 11) is 0. The molecule has 1 amide bonds. The van der Waals surface area contributed by atoms with Crippen LogP contribution >= 0.6 is 15.9 Å². The molecule has 0 bridgehead atoms. The van der Waals surface area contributed by atoms with E-state index >= 15 is 0 Å². The number of carbonyl (C=O) groups is 1. The quantitative estimate of drug-likeness (QED) is 0.762. The number of nitrogens with two attached hydrogens (primary N) is 1. The molecule has 0 unspecified atom stereocenters. The molecule has 0 radical (unpaired) electrons. The summed E-state index contributed by atoms with van der Waals surface area (Å²) in [6, 6.07) is 0.195. The number of nitrogens with zero attached hydrogens (tertiary/aromatic N) is 3. The van der Waals surface area contributed by atoms with Crippen LogP contribution in [0, 0.1) is 6.92 Å². The Hall–Kier alpha value is -1.57. The van der Waals surface area contributed by atoms with Gasteiger partial charge in [0, 0.05) is 19.1 Å². The fraction of sp³-hybridized carbons (Fsp3) is 0.545. The fourth-order valence-electron chi connectivity index (χ4n) is 2.08. The van der Waals surface area contributed by atoms with E-state index in [9.17, 15) is 4.79 Å². The van der Waals surface area contributed by atoms with Gasteiger partial charge in [0.05, 0.1) is 10.2 Å². The molecular weight excluding hydrogens is 314 g/mol. The maximum atomic E-state index is 10.8. The van der Waals surface area contributed by atoms with Crippen molar-refractivity contribution in [3.8, 4) is 0 Å². The molecule has 0 aromatic carbocycles. The van der Waals surface area contributed by atoms with E-state index in [-0.39, 0.29) is 12.0 Å². The lowest BCUT2D eigenvalue weighted by atomic mass is 10.1. The summed E-state index contributed by atoms with van der Waals surface area (Å²) in [6.45, 7) is 2.91. The number of hydrogen-bond acceptors (Lipinski definition) is 5. The van der Waals surface area contributed by atoms with Crippen molar-refractivity contribution in [3.63, 3.8) is 0 Å². The van der Waals surface area contributed by atoms with Crippen molar-refractivity contribution in [3.05, 3.63) is 10.2 Å². The minimum atomic E-state index is -0.859. The smallest absolute Gasteiger partial charge is 0.407 e. The number of nitrogens with one attached hydrogen (secondary N) is 1. The van der Waals surface area contributed by atoms with Crippen LogP contribution in [0.4, 0.5) is 16.6 Å². The maximum absolute atomic E-state index is 10.8. The Morgan fingerprint density at radius 2 is 2.11 bits per heavy atom. The van der Waals surface area contributed by atoms with Crippen LogP contribution in [0.2, 0.25) is 0 Å². The Kier molecular flexibility index (Phi) is 4.08. The minimum absolute atomic E-state index is 0.195. The van der Waals surface area contributed by atoms with Crippen LogP contribution in [0.3, 0.4) is 0 Å². The molecule has 1 aromatic rings. The number of anilines is 2. The fourth-order valence-corrected chi connectivity index (χ4v) is 2.38. The van der Waals surface area contributed by atoms with Crippen LogP contribution in [-0.4, -0.2) is 45.2 Å². The van der Waals surface area contributed by atoms with Crippen LogP contribution in [0.25, 0.3) is 0 Å². The van der Waals surface area contributed by atoms with Gasteiger partial charge in [0.25, 0.3) is 0 Å². The predicted molar refractivity (Wildman–Crippen MR) is 75.1 cm³/mol. The molecule has 104 valence electrons. The van der Waals surface area contributed by atoms with E-state index in [1.165, 1.54) is 4.90 Å². The summed E-state index contributed by atoms with van der Waals surface area (Å²) in [6.07, 6.45) is 0.644. The monoisotopic (exact) mass is 329 g/mol. The van der Waals surface area contributed by atoms with Crippen molar-refractivity contribution in [2.24, 2.45) is 0 Å². The van der Waals surface area contributed by atoms with Crippen LogP contribution in [0.1, 0.15) is 18.5 Å². The van der Waals surface area contributed by atoms with E-state index in [1.807, 2.05) is 6.92 Å². The average Bonchev–Trinajstić information content (AvgIpc) is 2.36. The molecular formula is C11H16BrN5O2. The summed E-state index contributed by atoms with van der Waals surface area (Å²) in [4.78, 5) is 20.5. The van der Waals surface area contributed by atoms with E-state index in [0.29, 0.717) is 18.9 Å². The highest BCUT2D eigenvalue weighted by Gasteiger charge is 2.23. The number of aryl methyl sites for hydroxylation is 1. The Morgan fingerprint density at radius 3 is 2.68 bits per heavy atom. The summed E-state index contributed by atoms with van der Waals surface area (Å²) >= 11 is 3.43. The first-order valence-corrected chi connectivity index (χ1v) is 6.80. The molecule has 8 heteroatoms. The van der Waals surface area contributed by atoms with Gasteiger partial charge in [0.15, 0.2) is 0 Å².